The van der Waals surface area contributed by atoms with E-state index in [9.17, 15) is 24.0 Å². The highest BCUT2D eigenvalue weighted by molar-refractivity contribution is 14.1. The summed E-state index contributed by atoms with van der Waals surface area (Å²) in [5.74, 6) is -3.03. The van der Waals surface area contributed by atoms with Crippen molar-refractivity contribution in [1.82, 2.24) is 14.8 Å². The molecule has 2 aromatic carbocycles. The Bertz CT molecular complexity index is 1890. The van der Waals surface area contributed by atoms with E-state index in [1.165, 1.54) is 48.5 Å². The van der Waals surface area contributed by atoms with Crippen LogP contribution in [0.2, 0.25) is 5.02 Å². The molecule has 0 spiro atoms. The summed E-state index contributed by atoms with van der Waals surface area (Å²) in [4.78, 5) is 66.2. The maximum absolute atomic E-state index is 15.3. The highest BCUT2D eigenvalue weighted by atomic mass is 127. The van der Waals surface area contributed by atoms with Gasteiger partial charge >= 0.3 is 6.09 Å². The summed E-state index contributed by atoms with van der Waals surface area (Å²) in [6.07, 6.45) is 0.536. The highest BCUT2D eigenvalue weighted by Crippen LogP contribution is 2.45. The van der Waals surface area contributed by atoms with E-state index in [0.29, 0.717) is 3.57 Å². The predicted molar refractivity (Wildman–Crippen MR) is 202 cm³/mol. The number of piperazine rings is 1. The van der Waals surface area contributed by atoms with Crippen molar-refractivity contribution in [3.63, 3.8) is 0 Å². The maximum atomic E-state index is 15.3. The summed E-state index contributed by atoms with van der Waals surface area (Å²) in [7, 11) is 1.50. The molecule has 2 fully saturated rings. The fraction of sp³-hybridized carbons (Fsp3) is 0.371. The smallest absolute Gasteiger partial charge is 0.410 e. The molecule has 4 amide bonds. The average molecular weight is 945 g/mol. The molecule has 0 bridgehead atoms. The van der Waals surface area contributed by atoms with Crippen molar-refractivity contribution < 1.29 is 32.7 Å². The van der Waals surface area contributed by atoms with Gasteiger partial charge in [-0.1, -0.05) is 29.8 Å². The summed E-state index contributed by atoms with van der Waals surface area (Å²) in [6.45, 7) is 4.05. The molecule has 2 atom stereocenters. The molecule has 0 radical (unpaired) electrons. The maximum Gasteiger partial charge on any atom is 0.410 e. The number of ether oxygens (including phenoxy) is 1. The van der Waals surface area contributed by atoms with E-state index in [-0.39, 0.29) is 40.5 Å². The van der Waals surface area contributed by atoms with Crippen LogP contribution < -0.4 is 9.80 Å². The van der Waals surface area contributed by atoms with Crippen LogP contribution in [-0.4, -0.2) is 80.1 Å². The van der Waals surface area contributed by atoms with Gasteiger partial charge in [-0.05, 0) is 102 Å². The Morgan fingerprint density at radius 1 is 1.16 bits per heavy atom. The Morgan fingerprint density at radius 2 is 1.84 bits per heavy atom. The Morgan fingerprint density at radius 3 is 2.45 bits per heavy atom. The monoisotopic (exact) mass is 944 g/mol. The van der Waals surface area contributed by atoms with Crippen LogP contribution in [0.3, 0.4) is 0 Å². The minimum Gasteiger partial charge on any atom is -0.444 e. The second-order valence-corrected chi connectivity index (χ2v) is 16.9. The molecule has 2 aliphatic rings. The van der Waals surface area contributed by atoms with Gasteiger partial charge in [0.25, 0.3) is 5.91 Å². The van der Waals surface area contributed by atoms with Gasteiger partial charge in [0.1, 0.15) is 35.9 Å². The molecule has 268 valence electrons. The molecular weight excluding hydrogens is 912 g/mol. The summed E-state index contributed by atoms with van der Waals surface area (Å²) in [5.41, 5.74) is -0.646. The second kappa shape index (κ2) is 15.2. The number of amides is 4. The lowest BCUT2D eigenvalue weighted by Gasteiger charge is -2.46. The third-order valence-corrected chi connectivity index (χ3v) is 10.2. The van der Waals surface area contributed by atoms with Gasteiger partial charge in [0, 0.05) is 52.0 Å². The Labute approximate surface area is 326 Å². The first-order valence-corrected chi connectivity index (χ1v) is 18.3. The number of hydrogen-bond donors (Lipinski definition) is 0. The van der Waals surface area contributed by atoms with Gasteiger partial charge in [0.15, 0.2) is 3.68 Å². The van der Waals surface area contributed by atoms with E-state index < -0.39 is 70.1 Å². The number of hydrogen-bond acceptors (Lipinski definition) is 7. The number of aromatic nitrogens is 1. The lowest BCUT2D eigenvalue weighted by atomic mass is 9.88. The molecule has 3 aromatic rings. The lowest BCUT2D eigenvalue weighted by Crippen LogP contribution is -2.65. The number of likely N-dealkylation sites (N-methyl/N-ethyl adjacent to an activating group) is 1. The topological polar surface area (TPSA) is 127 Å². The first-order valence-electron chi connectivity index (χ1n) is 15.7. The number of benzene rings is 2. The average Bonchev–Trinajstić information content (AvgIpc) is 3.04. The Kier molecular flexibility index (Phi) is 11.5. The zero-order valence-electron chi connectivity index (χ0n) is 27.9. The van der Waals surface area contributed by atoms with Gasteiger partial charge in [0.05, 0.1) is 18.2 Å². The largest absolute Gasteiger partial charge is 0.444 e. The summed E-state index contributed by atoms with van der Waals surface area (Å²) >= 11 is 10.3. The number of carbonyl (C=O) groups is 4. The van der Waals surface area contributed by atoms with Gasteiger partial charge in [0.2, 0.25) is 11.8 Å². The molecule has 51 heavy (non-hydrogen) atoms. The van der Waals surface area contributed by atoms with Gasteiger partial charge in [-0.15, -0.1) is 0 Å². The molecular formula is C35H33ClF2I2N6O5. The first kappa shape index (κ1) is 38.6. The molecule has 0 N–H and O–H groups in total. The first-order chi connectivity index (χ1) is 23.9. The van der Waals surface area contributed by atoms with E-state index >= 15 is 9.18 Å². The molecule has 1 aromatic heterocycles. The zero-order valence-corrected chi connectivity index (χ0v) is 33.0. The quantitative estimate of drug-likeness (QED) is 0.189. The van der Waals surface area contributed by atoms with Crippen molar-refractivity contribution in [3.05, 3.63) is 86.3 Å². The minimum atomic E-state index is -1.55. The lowest BCUT2D eigenvalue weighted by molar-refractivity contribution is -0.138. The molecule has 5 rings (SSSR count). The van der Waals surface area contributed by atoms with E-state index in [1.54, 1.807) is 61.6 Å². The van der Waals surface area contributed by atoms with Crippen LogP contribution >= 0.6 is 56.8 Å². The van der Waals surface area contributed by atoms with Crippen molar-refractivity contribution in [2.24, 2.45) is 0 Å². The fourth-order valence-corrected chi connectivity index (χ4v) is 7.80. The van der Waals surface area contributed by atoms with Crippen molar-refractivity contribution in [1.29, 1.82) is 5.26 Å². The second-order valence-electron chi connectivity index (χ2n) is 13.3. The normalized spacial score (nSPS) is 20.9. The predicted octanol–water partition coefficient (Wildman–Crippen LogP) is 6.80. The molecule has 1 saturated carbocycles. The highest BCUT2D eigenvalue weighted by Gasteiger charge is 2.50. The molecule has 1 saturated heterocycles. The van der Waals surface area contributed by atoms with Crippen LogP contribution in [-0.2, 0) is 19.1 Å². The van der Waals surface area contributed by atoms with Crippen LogP contribution in [0.4, 0.5) is 25.1 Å². The standard InChI is InChI=1S/C35H33ClF2I2N6O5/c1-34(2,3)51-33(50)44-18-27(46(29(47)19-44)28-11-20(17-41)9-10-42-28)31(48)45(23-13-21(37)12-22(39)14-23)30(25-7-5-6-8-26(25)36)32(49)43(4)24-15-35(38,40)16-24/h5-14,24,27,30H,15-16,18-19H2,1-4H3/t24?,27-,30-,35?/m0/s1. The number of carbonyl (C=O) groups excluding carboxylic acids is 4. The molecule has 16 heteroatoms. The number of halogens is 5. The van der Waals surface area contributed by atoms with Crippen LogP contribution in [0.25, 0.3) is 0 Å². The molecule has 1 aliphatic carbocycles. The number of anilines is 2. The molecule has 11 nitrogen and oxygen atoms in total. The summed E-state index contributed by atoms with van der Waals surface area (Å²) < 4.78 is 34.3. The van der Waals surface area contributed by atoms with E-state index in [2.05, 4.69) is 4.98 Å². The molecule has 1 aliphatic heterocycles. The number of pyridine rings is 1. The van der Waals surface area contributed by atoms with Crippen LogP contribution in [0.1, 0.15) is 50.8 Å². The zero-order chi connectivity index (χ0) is 37.4. The minimum absolute atomic E-state index is 0.0427. The van der Waals surface area contributed by atoms with Crippen LogP contribution in [0.5, 0.6) is 0 Å². The van der Waals surface area contributed by atoms with E-state index in [0.717, 1.165) is 20.8 Å². The number of alkyl halides is 2. The van der Waals surface area contributed by atoms with Crippen molar-refractivity contribution in [2.75, 3.05) is 29.9 Å². The van der Waals surface area contributed by atoms with Gasteiger partial charge in [-0.25, -0.2) is 18.6 Å². The summed E-state index contributed by atoms with van der Waals surface area (Å²) in [5, 5.41) is 9.73. The van der Waals surface area contributed by atoms with Gasteiger partial charge in [-0.2, -0.15) is 5.26 Å². The Hall–Kier alpha value is -3.63. The van der Waals surface area contributed by atoms with Crippen LogP contribution in [0.15, 0.2) is 60.8 Å². The van der Waals surface area contributed by atoms with Crippen molar-refractivity contribution >= 4 is 92.1 Å². The SMILES string of the molecule is CN(C(=O)[C@H](c1ccccc1Cl)N(C(=O)[C@@H]1CN(C(=O)OC(C)(C)C)CC(=O)N1c1cc(C#N)ccn1)c1cc(F)cc(I)c1)C1CC(F)(I)C1. The third kappa shape index (κ3) is 8.71. The summed E-state index contributed by atoms with van der Waals surface area (Å²) in [6, 6.07) is 11.3. The Balaban J connectivity index is 1.71. The van der Waals surface area contributed by atoms with Gasteiger partial charge < -0.3 is 9.64 Å². The number of nitriles is 1. The van der Waals surface area contributed by atoms with Crippen molar-refractivity contribution in [3.8, 4) is 6.07 Å². The van der Waals surface area contributed by atoms with E-state index in [1.807, 2.05) is 28.7 Å². The fourth-order valence-electron chi connectivity index (χ4n) is 5.93. The van der Waals surface area contributed by atoms with Crippen molar-refractivity contribution in [2.45, 2.75) is 61.0 Å². The number of rotatable bonds is 7. The van der Waals surface area contributed by atoms with E-state index in [4.69, 9.17) is 16.3 Å². The number of nitrogens with zero attached hydrogens (tertiary/aromatic N) is 6. The van der Waals surface area contributed by atoms with Crippen LogP contribution in [0, 0.1) is 20.7 Å². The van der Waals surface area contributed by atoms with Gasteiger partial charge in [-0.3, -0.25) is 29.1 Å². The molecule has 0 unspecified atom stereocenters. The third-order valence-electron chi connectivity index (χ3n) is 8.38. The molecule has 2 heterocycles.